The predicted octanol–water partition coefficient (Wildman–Crippen LogP) is 6.50. The van der Waals surface area contributed by atoms with Crippen molar-refractivity contribution in [2.45, 2.75) is 18.2 Å². The van der Waals surface area contributed by atoms with Gasteiger partial charge in [0, 0.05) is 21.5 Å². The Balaban J connectivity index is 1.38. The first-order valence-corrected chi connectivity index (χ1v) is 13.6. The molecule has 4 rings (SSSR count). The van der Waals surface area contributed by atoms with E-state index in [0.29, 0.717) is 16.3 Å². The average Bonchev–Trinajstić information content (AvgIpc) is 3.32. The maximum absolute atomic E-state index is 12.8. The molecule has 0 aliphatic rings. The monoisotopic (exact) mass is 530 g/mol. The van der Waals surface area contributed by atoms with Crippen molar-refractivity contribution in [1.29, 1.82) is 0 Å². The Morgan fingerprint density at radius 3 is 2.32 bits per heavy atom. The van der Waals surface area contributed by atoms with Crippen LogP contribution in [0.1, 0.15) is 22.8 Å². The molecule has 0 fully saturated rings. The van der Waals surface area contributed by atoms with Crippen molar-refractivity contribution in [2.24, 2.45) is 0 Å². The topological polar surface area (TPSA) is 84.5 Å². The van der Waals surface area contributed by atoms with Crippen molar-refractivity contribution in [1.82, 2.24) is 0 Å². The number of amides is 2. The van der Waals surface area contributed by atoms with Crippen LogP contribution in [-0.4, -0.2) is 30.1 Å². The maximum atomic E-state index is 12.8. The minimum Gasteiger partial charge on any atom is -0.462 e. The van der Waals surface area contributed by atoms with E-state index in [-0.39, 0.29) is 30.6 Å². The van der Waals surface area contributed by atoms with E-state index >= 15 is 0 Å². The van der Waals surface area contributed by atoms with Gasteiger partial charge in [0.1, 0.15) is 10.6 Å². The van der Waals surface area contributed by atoms with E-state index < -0.39 is 5.97 Å². The molecule has 0 bridgehead atoms. The third kappa shape index (κ3) is 7.31. The van der Waals surface area contributed by atoms with Crippen molar-refractivity contribution >= 4 is 51.6 Å². The molecule has 1 aromatic heterocycles. The molecule has 0 spiro atoms. The lowest BCUT2D eigenvalue weighted by Crippen LogP contribution is -2.16. The van der Waals surface area contributed by atoms with Crippen LogP contribution in [-0.2, 0) is 20.7 Å². The van der Waals surface area contributed by atoms with Crippen LogP contribution in [0.15, 0.2) is 95.2 Å². The van der Waals surface area contributed by atoms with E-state index in [9.17, 15) is 14.4 Å². The van der Waals surface area contributed by atoms with E-state index in [2.05, 4.69) is 10.6 Å². The van der Waals surface area contributed by atoms with Crippen LogP contribution in [0, 0.1) is 0 Å². The standard InChI is InChI=1S/C29H26N2O4S2/c1-2-35-29(34)27-24(21-12-7-4-8-13-21)18-37-28(27)31-26(33)19-36-23-15-9-14-22(17-23)30-25(32)16-20-10-5-3-6-11-20/h3-15,17-18H,2,16,19H2,1H3,(H,30,32)(H,31,33). The highest BCUT2D eigenvalue weighted by Gasteiger charge is 2.22. The van der Waals surface area contributed by atoms with Gasteiger partial charge in [-0.3, -0.25) is 9.59 Å². The number of ether oxygens (including phenoxy) is 1. The van der Waals surface area contributed by atoms with Crippen molar-refractivity contribution in [2.75, 3.05) is 23.0 Å². The summed E-state index contributed by atoms with van der Waals surface area (Å²) in [5, 5.41) is 8.09. The van der Waals surface area contributed by atoms with Gasteiger partial charge in [-0.2, -0.15) is 0 Å². The van der Waals surface area contributed by atoms with Crippen LogP contribution in [0.2, 0.25) is 0 Å². The lowest BCUT2D eigenvalue weighted by Gasteiger charge is -2.10. The molecular weight excluding hydrogens is 504 g/mol. The fourth-order valence-corrected chi connectivity index (χ4v) is 5.38. The minimum absolute atomic E-state index is 0.107. The lowest BCUT2D eigenvalue weighted by molar-refractivity contribution is -0.115. The predicted molar refractivity (Wildman–Crippen MR) is 150 cm³/mol. The summed E-state index contributed by atoms with van der Waals surface area (Å²) >= 11 is 2.64. The van der Waals surface area contributed by atoms with Crippen LogP contribution in [0.3, 0.4) is 0 Å². The van der Waals surface area contributed by atoms with E-state index in [4.69, 9.17) is 4.74 Å². The smallest absolute Gasteiger partial charge is 0.341 e. The molecule has 0 aliphatic carbocycles. The van der Waals surface area contributed by atoms with Gasteiger partial charge in [-0.05, 0) is 36.2 Å². The third-order valence-corrected chi connectivity index (χ3v) is 7.19. The number of carbonyl (C=O) groups is 3. The van der Waals surface area contributed by atoms with Gasteiger partial charge < -0.3 is 15.4 Å². The summed E-state index contributed by atoms with van der Waals surface area (Å²) < 4.78 is 5.26. The number of carbonyl (C=O) groups excluding carboxylic acids is 3. The maximum Gasteiger partial charge on any atom is 0.341 e. The first kappa shape index (κ1) is 26.2. The fourth-order valence-electron chi connectivity index (χ4n) is 3.65. The summed E-state index contributed by atoms with van der Waals surface area (Å²) in [7, 11) is 0. The number of anilines is 2. The molecule has 1 heterocycles. The summed E-state index contributed by atoms with van der Waals surface area (Å²) in [6.45, 7) is 1.99. The zero-order valence-electron chi connectivity index (χ0n) is 20.2. The van der Waals surface area contributed by atoms with Gasteiger partial charge in [-0.15, -0.1) is 23.1 Å². The Morgan fingerprint density at radius 1 is 0.865 bits per heavy atom. The molecule has 2 N–H and O–H groups in total. The molecular formula is C29H26N2O4S2. The summed E-state index contributed by atoms with van der Waals surface area (Å²) in [4.78, 5) is 38.7. The number of hydrogen-bond acceptors (Lipinski definition) is 6. The van der Waals surface area contributed by atoms with Gasteiger partial charge in [-0.1, -0.05) is 66.7 Å². The molecule has 0 atom stereocenters. The van der Waals surface area contributed by atoms with Crippen molar-refractivity contribution in [3.63, 3.8) is 0 Å². The number of thioether (sulfide) groups is 1. The van der Waals surface area contributed by atoms with E-state index in [0.717, 1.165) is 21.6 Å². The van der Waals surface area contributed by atoms with Crippen molar-refractivity contribution in [3.8, 4) is 11.1 Å². The largest absolute Gasteiger partial charge is 0.462 e. The van der Waals surface area contributed by atoms with E-state index in [1.165, 1.54) is 23.1 Å². The molecule has 3 aromatic carbocycles. The molecule has 0 saturated heterocycles. The van der Waals surface area contributed by atoms with Gasteiger partial charge in [0.2, 0.25) is 11.8 Å². The fraction of sp³-hybridized carbons (Fsp3) is 0.138. The van der Waals surface area contributed by atoms with E-state index in [1.807, 2.05) is 90.3 Å². The molecule has 188 valence electrons. The molecule has 6 nitrogen and oxygen atoms in total. The molecule has 37 heavy (non-hydrogen) atoms. The van der Waals surface area contributed by atoms with Crippen LogP contribution in [0.4, 0.5) is 10.7 Å². The number of thiophene rings is 1. The molecule has 2 amide bonds. The molecule has 8 heteroatoms. The van der Waals surface area contributed by atoms with Gasteiger partial charge in [0.25, 0.3) is 0 Å². The summed E-state index contributed by atoms with van der Waals surface area (Å²) in [6.07, 6.45) is 0.287. The first-order chi connectivity index (χ1) is 18.0. The van der Waals surface area contributed by atoms with Crippen molar-refractivity contribution < 1.29 is 19.1 Å². The Labute approximate surface area is 224 Å². The Bertz CT molecular complexity index is 1370. The van der Waals surface area contributed by atoms with Crippen LogP contribution in [0.25, 0.3) is 11.1 Å². The zero-order valence-corrected chi connectivity index (χ0v) is 21.9. The number of benzene rings is 3. The van der Waals surface area contributed by atoms with E-state index in [1.54, 1.807) is 6.92 Å². The normalized spacial score (nSPS) is 10.5. The molecule has 0 unspecified atom stereocenters. The SMILES string of the molecule is CCOC(=O)c1c(-c2ccccc2)csc1NC(=O)CSc1cccc(NC(=O)Cc2ccccc2)c1. The zero-order chi connectivity index (χ0) is 26.0. The molecule has 4 aromatic rings. The van der Waals surface area contributed by atoms with Crippen LogP contribution in [0.5, 0.6) is 0 Å². The van der Waals surface area contributed by atoms with Crippen molar-refractivity contribution in [3.05, 3.63) is 101 Å². The second-order valence-electron chi connectivity index (χ2n) is 8.02. The van der Waals surface area contributed by atoms with Gasteiger partial charge >= 0.3 is 5.97 Å². The summed E-state index contributed by atoms with van der Waals surface area (Å²) in [6, 6.07) is 26.4. The summed E-state index contributed by atoms with van der Waals surface area (Å²) in [5.41, 5.74) is 3.57. The average molecular weight is 531 g/mol. The minimum atomic E-state index is -0.468. The lowest BCUT2D eigenvalue weighted by atomic mass is 10.0. The third-order valence-electron chi connectivity index (χ3n) is 5.30. The van der Waals surface area contributed by atoms with Crippen LogP contribution >= 0.6 is 23.1 Å². The number of rotatable bonds is 10. The Morgan fingerprint density at radius 2 is 1.59 bits per heavy atom. The van der Waals surface area contributed by atoms with Gasteiger partial charge in [0.05, 0.1) is 18.8 Å². The number of hydrogen-bond donors (Lipinski definition) is 2. The van der Waals surface area contributed by atoms with Gasteiger partial charge in [-0.25, -0.2) is 4.79 Å². The highest BCUT2D eigenvalue weighted by atomic mass is 32.2. The highest BCUT2D eigenvalue weighted by Crippen LogP contribution is 2.36. The number of nitrogens with one attached hydrogen (secondary N) is 2. The molecule has 0 radical (unpaired) electrons. The molecule has 0 aliphatic heterocycles. The quantitative estimate of drug-likeness (QED) is 0.181. The number of esters is 1. The van der Waals surface area contributed by atoms with Gasteiger partial charge in [0.15, 0.2) is 0 Å². The first-order valence-electron chi connectivity index (χ1n) is 11.7. The van der Waals surface area contributed by atoms with Crippen LogP contribution < -0.4 is 10.6 Å². The second kappa shape index (κ2) is 12.9. The second-order valence-corrected chi connectivity index (χ2v) is 9.94. The Kier molecular flexibility index (Phi) is 9.13. The summed E-state index contributed by atoms with van der Waals surface area (Å²) in [5.74, 6) is -0.674. The molecule has 0 saturated carbocycles. The Hall–Kier alpha value is -3.88. The highest BCUT2D eigenvalue weighted by molar-refractivity contribution is 8.00.